The number of hydrogen-bond acceptors (Lipinski definition) is 4. The molecular weight excluding hydrogens is 302 g/mol. The molecule has 0 aromatic heterocycles. The molecule has 1 fully saturated rings. The molecule has 0 radical (unpaired) electrons. The summed E-state index contributed by atoms with van der Waals surface area (Å²) in [6, 6.07) is 6.84. The zero-order valence-electron chi connectivity index (χ0n) is 13.3. The number of esters is 1. The molecule has 1 saturated heterocycles. The zero-order chi connectivity index (χ0) is 16.3. The van der Waals surface area contributed by atoms with E-state index >= 15 is 0 Å². The van der Waals surface area contributed by atoms with Gasteiger partial charge >= 0.3 is 5.97 Å². The molecule has 0 aliphatic carbocycles. The number of aryl methyl sites for hydroxylation is 1. The zero-order valence-corrected chi connectivity index (χ0v) is 14.1. The van der Waals surface area contributed by atoms with Crippen LogP contribution >= 0.6 is 0 Å². The largest absolute Gasteiger partial charge is 0.463 e. The Hall–Kier alpha value is -1.40. The minimum Gasteiger partial charge on any atom is -0.463 e. The lowest BCUT2D eigenvalue weighted by molar-refractivity contribution is -0.153. The van der Waals surface area contributed by atoms with E-state index in [1.165, 1.54) is 4.31 Å². The van der Waals surface area contributed by atoms with Gasteiger partial charge in [-0.15, -0.1) is 0 Å². The second-order valence-corrected chi connectivity index (χ2v) is 7.91. The third-order valence-electron chi connectivity index (χ3n) is 3.80. The summed E-state index contributed by atoms with van der Waals surface area (Å²) in [4.78, 5) is 12.2. The Balaban J connectivity index is 2.01. The van der Waals surface area contributed by atoms with E-state index in [4.69, 9.17) is 4.74 Å². The maximum Gasteiger partial charge on any atom is 0.309 e. The van der Waals surface area contributed by atoms with Crippen LogP contribution < -0.4 is 0 Å². The van der Waals surface area contributed by atoms with E-state index in [0.29, 0.717) is 30.8 Å². The number of hydrogen-bond donors (Lipinski definition) is 0. The van der Waals surface area contributed by atoms with Crippen LogP contribution in [0.15, 0.2) is 29.2 Å². The highest BCUT2D eigenvalue weighted by atomic mass is 32.2. The minimum atomic E-state index is -3.47. The second kappa shape index (κ2) is 6.79. The Morgan fingerprint density at radius 1 is 1.18 bits per heavy atom. The summed E-state index contributed by atoms with van der Waals surface area (Å²) >= 11 is 0. The first-order chi connectivity index (χ1) is 10.3. The fourth-order valence-corrected chi connectivity index (χ4v) is 3.99. The van der Waals surface area contributed by atoms with Crippen LogP contribution in [0.4, 0.5) is 0 Å². The standard InChI is InChI=1S/C16H23NO4S/c1-12(2)21-16(18)14-8-10-17(11-9-14)22(19,20)15-6-4-13(3)5-7-15/h4-7,12,14H,8-11H2,1-3H3. The lowest BCUT2D eigenvalue weighted by Crippen LogP contribution is -2.40. The Morgan fingerprint density at radius 3 is 2.23 bits per heavy atom. The topological polar surface area (TPSA) is 63.7 Å². The summed E-state index contributed by atoms with van der Waals surface area (Å²) in [7, 11) is -3.47. The van der Waals surface area contributed by atoms with Crippen molar-refractivity contribution in [3.8, 4) is 0 Å². The van der Waals surface area contributed by atoms with Crippen LogP contribution in [-0.4, -0.2) is 37.9 Å². The SMILES string of the molecule is Cc1ccc(S(=O)(=O)N2CCC(C(=O)OC(C)C)CC2)cc1. The highest BCUT2D eigenvalue weighted by Gasteiger charge is 2.32. The van der Waals surface area contributed by atoms with Crippen LogP contribution in [0.2, 0.25) is 0 Å². The molecule has 1 aromatic carbocycles. The van der Waals surface area contributed by atoms with E-state index in [0.717, 1.165) is 5.56 Å². The number of ether oxygens (including phenoxy) is 1. The number of benzene rings is 1. The summed E-state index contributed by atoms with van der Waals surface area (Å²) in [6.45, 7) is 6.26. The van der Waals surface area contributed by atoms with Crippen LogP contribution in [0, 0.1) is 12.8 Å². The molecule has 0 bridgehead atoms. The first-order valence-corrected chi connectivity index (χ1v) is 9.02. The second-order valence-electron chi connectivity index (χ2n) is 5.98. The van der Waals surface area contributed by atoms with Gasteiger partial charge in [0.25, 0.3) is 0 Å². The summed E-state index contributed by atoms with van der Waals surface area (Å²) in [5.41, 5.74) is 1.02. The molecule has 1 aromatic rings. The van der Waals surface area contributed by atoms with Crippen molar-refractivity contribution >= 4 is 16.0 Å². The molecule has 0 amide bonds. The van der Waals surface area contributed by atoms with E-state index < -0.39 is 10.0 Å². The molecule has 0 N–H and O–H groups in total. The van der Waals surface area contributed by atoms with Crippen molar-refractivity contribution in [2.45, 2.75) is 44.6 Å². The maximum atomic E-state index is 12.6. The minimum absolute atomic E-state index is 0.137. The third-order valence-corrected chi connectivity index (χ3v) is 5.71. The molecule has 1 aliphatic heterocycles. The van der Waals surface area contributed by atoms with Gasteiger partial charge in [-0.25, -0.2) is 8.42 Å². The van der Waals surface area contributed by atoms with Crippen molar-refractivity contribution < 1.29 is 17.9 Å². The van der Waals surface area contributed by atoms with Gasteiger partial charge in [0.05, 0.1) is 16.9 Å². The number of carbonyl (C=O) groups excluding carboxylic acids is 1. The van der Waals surface area contributed by atoms with Gasteiger partial charge in [-0.3, -0.25) is 4.79 Å². The number of sulfonamides is 1. The van der Waals surface area contributed by atoms with Gasteiger partial charge in [0.15, 0.2) is 0 Å². The predicted molar refractivity (Wildman–Crippen MR) is 83.9 cm³/mol. The molecule has 0 saturated carbocycles. The normalized spacial score (nSPS) is 17.6. The Bertz CT molecular complexity index is 614. The van der Waals surface area contributed by atoms with Gasteiger partial charge in [0.2, 0.25) is 10.0 Å². The van der Waals surface area contributed by atoms with Crippen LogP contribution in [0.25, 0.3) is 0 Å². The van der Waals surface area contributed by atoms with Crippen LogP contribution in [0.1, 0.15) is 32.3 Å². The van der Waals surface area contributed by atoms with Crippen molar-refractivity contribution in [1.29, 1.82) is 0 Å². The fourth-order valence-electron chi connectivity index (χ4n) is 2.52. The highest BCUT2D eigenvalue weighted by Crippen LogP contribution is 2.25. The van der Waals surface area contributed by atoms with Crippen LogP contribution in [-0.2, 0) is 19.6 Å². The number of nitrogens with zero attached hydrogens (tertiary/aromatic N) is 1. The summed E-state index contributed by atoms with van der Waals surface area (Å²) in [6.07, 6.45) is 0.884. The van der Waals surface area contributed by atoms with Crippen LogP contribution in [0.3, 0.4) is 0 Å². The average Bonchev–Trinajstić information content (AvgIpc) is 2.47. The fraction of sp³-hybridized carbons (Fsp3) is 0.562. The molecule has 2 rings (SSSR count). The molecule has 0 unspecified atom stereocenters. The third kappa shape index (κ3) is 3.87. The van der Waals surface area contributed by atoms with Crippen molar-refractivity contribution in [2.75, 3.05) is 13.1 Å². The van der Waals surface area contributed by atoms with Gasteiger partial charge in [-0.05, 0) is 45.7 Å². The van der Waals surface area contributed by atoms with E-state index in [2.05, 4.69) is 0 Å². The lowest BCUT2D eigenvalue weighted by atomic mass is 9.98. The molecule has 5 nitrogen and oxygen atoms in total. The number of carbonyl (C=O) groups is 1. The first-order valence-electron chi connectivity index (χ1n) is 7.58. The Kier molecular flexibility index (Phi) is 5.24. The van der Waals surface area contributed by atoms with E-state index in [9.17, 15) is 13.2 Å². The van der Waals surface area contributed by atoms with Crippen molar-refractivity contribution in [2.24, 2.45) is 5.92 Å². The summed E-state index contributed by atoms with van der Waals surface area (Å²) < 4.78 is 31.8. The summed E-state index contributed by atoms with van der Waals surface area (Å²) in [5.74, 6) is -0.422. The average molecular weight is 325 g/mol. The molecule has 1 heterocycles. The molecule has 0 atom stereocenters. The Morgan fingerprint density at radius 2 is 1.73 bits per heavy atom. The predicted octanol–water partition coefficient (Wildman–Crippen LogP) is 2.35. The van der Waals surface area contributed by atoms with Gasteiger partial charge in [-0.1, -0.05) is 17.7 Å². The number of rotatable bonds is 4. The summed E-state index contributed by atoms with van der Waals surface area (Å²) in [5, 5.41) is 0. The molecule has 0 spiro atoms. The maximum absolute atomic E-state index is 12.6. The van der Waals surface area contributed by atoms with E-state index in [1.54, 1.807) is 24.3 Å². The first kappa shape index (κ1) is 17.0. The van der Waals surface area contributed by atoms with Gasteiger partial charge in [0.1, 0.15) is 0 Å². The lowest BCUT2D eigenvalue weighted by Gasteiger charge is -2.30. The van der Waals surface area contributed by atoms with Crippen molar-refractivity contribution in [3.63, 3.8) is 0 Å². The molecular formula is C16H23NO4S. The smallest absolute Gasteiger partial charge is 0.309 e. The highest BCUT2D eigenvalue weighted by molar-refractivity contribution is 7.89. The quantitative estimate of drug-likeness (QED) is 0.797. The van der Waals surface area contributed by atoms with Crippen molar-refractivity contribution in [1.82, 2.24) is 4.31 Å². The van der Waals surface area contributed by atoms with Gasteiger partial charge in [0, 0.05) is 13.1 Å². The van der Waals surface area contributed by atoms with Gasteiger partial charge < -0.3 is 4.74 Å². The van der Waals surface area contributed by atoms with E-state index in [-0.39, 0.29) is 18.0 Å². The van der Waals surface area contributed by atoms with Crippen molar-refractivity contribution in [3.05, 3.63) is 29.8 Å². The van der Waals surface area contributed by atoms with Gasteiger partial charge in [-0.2, -0.15) is 4.31 Å². The molecule has 22 heavy (non-hydrogen) atoms. The molecule has 6 heteroatoms. The van der Waals surface area contributed by atoms with E-state index in [1.807, 2.05) is 20.8 Å². The molecule has 122 valence electrons. The molecule has 1 aliphatic rings. The monoisotopic (exact) mass is 325 g/mol. The Labute approximate surface area is 132 Å². The number of piperidine rings is 1. The van der Waals surface area contributed by atoms with Crippen LogP contribution in [0.5, 0.6) is 0 Å².